The molecule has 2 rings (SSSR count). The third-order valence-electron chi connectivity index (χ3n) is 4.59. The standard InChI is InChI=1S/C16H27N3/c1-3-12-5-7-13(8-6-12)16(19-4-2)14-11-18-10-9-15(14)17/h9-13,16,19H,3-8H2,1-2H3,(H2,17,18). The van der Waals surface area contributed by atoms with E-state index in [1.165, 1.54) is 37.7 Å². The van der Waals surface area contributed by atoms with Gasteiger partial charge in [0.15, 0.2) is 0 Å². The normalized spacial score (nSPS) is 25.2. The minimum Gasteiger partial charge on any atom is -0.398 e. The number of aromatic nitrogens is 1. The Morgan fingerprint density at radius 3 is 2.63 bits per heavy atom. The Bertz CT molecular complexity index is 383. The zero-order valence-corrected chi connectivity index (χ0v) is 12.2. The molecule has 1 fully saturated rings. The van der Waals surface area contributed by atoms with Gasteiger partial charge in [0.1, 0.15) is 0 Å². The zero-order chi connectivity index (χ0) is 13.7. The molecule has 1 unspecified atom stereocenters. The minimum atomic E-state index is 0.372. The van der Waals surface area contributed by atoms with E-state index >= 15 is 0 Å². The minimum absolute atomic E-state index is 0.372. The molecule has 3 N–H and O–H groups in total. The van der Waals surface area contributed by atoms with Gasteiger partial charge in [-0.1, -0.05) is 33.1 Å². The smallest absolute Gasteiger partial charge is 0.0393 e. The van der Waals surface area contributed by atoms with Gasteiger partial charge >= 0.3 is 0 Å². The number of nitrogens with zero attached hydrogens (tertiary/aromatic N) is 1. The summed E-state index contributed by atoms with van der Waals surface area (Å²) in [5, 5.41) is 3.62. The number of hydrogen-bond donors (Lipinski definition) is 2. The molecule has 3 nitrogen and oxygen atoms in total. The third-order valence-corrected chi connectivity index (χ3v) is 4.59. The predicted octanol–water partition coefficient (Wildman–Crippen LogP) is 3.53. The monoisotopic (exact) mass is 261 g/mol. The first-order valence-electron chi connectivity index (χ1n) is 7.69. The van der Waals surface area contributed by atoms with E-state index in [-0.39, 0.29) is 0 Å². The Morgan fingerprint density at radius 2 is 2.05 bits per heavy atom. The molecule has 0 amide bonds. The van der Waals surface area contributed by atoms with Gasteiger partial charge in [-0.15, -0.1) is 0 Å². The van der Waals surface area contributed by atoms with Crippen LogP contribution in [0.4, 0.5) is 5.69 Å². The summed E-state index contributed by atoms with van der Waals surface area (Å²) in [6, 6.07) is 2.29. The predicted molar refractivity (Wildman–Crippen MR) is 80.8 cm³/mol. The van der Waals surface area contributed by atoms with Crippen LogP contribution in [0.15, 0.2) is 18.5 Å². The second-order valence-corrected chi connectivity index (χ2v) is 5.73. The first-order chi connectivity index (χ1) is 9.26. The van der Waals surface area contributed by atoms with E-state index in [0.717, 1.165) is 18.2 Å². The Kier molecular flexibility index (Phi) is 5.20. The van der Waals surface area contributed by atoms with Crippen LogP contribution in [-0.4, -0.2) is 11.5 Å². The van der Waals surface area contributed by atoms with Crippen molar-refractivity contribution in [2.75, 3.05) is 12.3 Å². The van der Waals surface area contributed by atoms with Crippen LogP contribution in [0.5, 0.6) is 0 Å². The van der Waals surface area contributed by atoms with Gasteiger partial charge in [-0.3, -0.25) is 4.98 Å². The molecule has 1 aromatic rings. The molecule has 0 aromatic carbocycles. The highest BCUT2D eigenvalue weighted by Gasteiger charge is 2.28. The van der Waals surface area contributed by atoms with Crippen LogP contribution in [0, 0.1) is 11.8 Å². The molecular weight excluding hydrogens is 234 g/mol. The highest BCUT2D eigenvalue weighted by atomic mass is 14.9. The number of nitrogen functional groups attached to an aromatic ring is 1. The van der Waals surface area contributed by atoms with Crippen LogP contribution < -0.4 is 11.1 Å². The molecule has 3 heteroatoms. The van der Waals surface area contributed by atoms with Gasteiger partial charge in [-0.25, -0.2) is 0 Å². The van der Waals surface area contributed by atoms with E-state index < -0.39 is 0 Å². The summed E-state index contributed by atoms with van der Waals surface area (Å²) in [5.74, 6) is 1.64. The molecule has 19 heavy (non-hydrogen) atoms. The van der Waals surface area contributed by atoms with Crippen LogP contribution in [0.3, 0.4) is 0 Å². The molecule has 1 atom stereocenters. The van der Waals surface area contributed by atoms with Crippen LogP contribution in [0.2, 0.25) is 0 Å². The lowest BCUT2D eigenvalue weighted by Gasteiger charge is -2.34. The summed E-state index contributed by atoms with van der Waals surface area (Å²) in [6.45, 7) is 5.45. The van der Waals surface area contributed by atoms with Crippen molar-refractivity contribution in [1.82, 2.24) is 10.3 Å². The van der Waals surface area contributed by atoms with E-state index in [1.54, 1.807) is 6.20 Å². The maximum Gasteiger partial charge on any atom is 0.0393 e. The fourth-order valence-electron chi connectivity index (χ4n) is 3.36. The molecular formula is C16H27N3. The van der Waals surface area contributed by atoms with Gasteiger partial charge in [0.25, 0.3) is 0 Å². The number of hydrogen-bond acceptors (Lipinski definition) is 3. The number of pyridine rings is 1. The van der Waals surface area contributed by atoms with Crippen molar-refractivity contribution in [2.45, 2.75) is 52.0 Å². The quantitative estimate of drug-likeness (QED) is 0.852. The lowest BCUT2D eigenvalue weighted by Crippen LogP contribution is -2.31. The molecule has 1 aliphatic carbocycles. The maximum absolute atomic E-state index is 6.13. The van der Waals surface area contributed by atoms with Crippen LogP contribution in [0.25, 0.3) is 0 Å². The fourth-order valence-corrected chi connectivity index (χ4v) is 3.36. The molecule has 0 aliphatic heterocycles. The topological polar surface area (TPSA) is 50.9 Å². The summed E-state index contributed by atoms with van der Waals surface area (Å²) in [4.78, 5) is 4.25. The van der Waals surface area contributed by atoms with Crippen LogP contribution in [0.1, 0.15) is 57.6 Å². The van der Waals surface area contributed by atoms with Crippen molar-refractivity contribution in [2.24, 2.45) is 11.8 Å². The van der Waals surface area contributed by atoms with Crippen molar-refractivity contribution in [3.05, 3.63) is 24.0 Å². The number of nitrogens with one attached hydrogen (secondary N) is 1. The molecule has 0 radical (unpaired) electrons. The lowest BCUT2D eigenvalue weighted by molar-refractivity contribution is 0.220. The van der Waals surface area contributed by atoms with Gasteiger partial charge in [-0.05, 0) is 37.3 Å². The number of nitrogens with two attached hydrogens (primary N) is 1. The van der Waals surface area contributed by atoms with Crippen molar-refractivity contribution in [3.63, 3.8) is 0 Å². The number of anilines is 1. The second kappa shape index (κ2) is 6.90. The van der Waals surface area contributed by atoms with Crippen molar-refractivity contribution < 1.29 is 0 Å². The molecule has 1 heterocycles. The summed E-state index contributed by atoms with van der Waals surface area (Å²) in [5.41, 5.74) is 8.19. The van der Waals surface area contributed by atoms with E-state index in [9.17, 15) is 0 Å². The van der Waals surface area contributed by atoms with Crippen molar-refractivity contribution >= 4 is 5.69 Å². The highest BCUT2D eigenvalue weighted by molar-refractivity contribution is 5.46. The zero-order valence-electron chi connectivity index (χ0n) is 12.2. The van der Waals surface area contributed by atoms with E-state index in [4.69, 9.17) is 5.73 Å². The van der Waals surface area contributed by atoms with E-state index in [2.05, 4.69) is 24.1 Å². The average molecular weight is 261 g/mol. The van der Waals surface area contributed by atoms with E-state index in [0.29, 0.717) is 12.0 Å². The van der Waals surface area contributed by atoms with Gasteiger partial charge in [0.05, 0.1) is 0 Å². The van der Waals surface area contributed by atoms with Gasteiger partial charge in [0, 0.05) is 29.7 Å². The fraction of sp³-hybridized carbons (Fsp3) is 0.688. The molecule has 0 saturated heterocycles. The Labute approximate surface area is 117 Å². The SMILES string of the molecule is CCNC(c1cnccc1N)C1CCC(CC)CC1. The Balaban J connectivity index is 2.10. The first kappa shape index (κ1) is 14.3. The molecule has 1 saturated carbocycles. The molecule has 0 bridgehead atoms. The molecule has 1 aromatic heterocycles. The summed E-state index contributed by atoms with van der Waals surface area (Å²) in [7, 11) is 0. The lowest BCUT2D eigenvalue weighted by atomic mass is 9.76. The van der Waals surface area contributed by atoms with Crippen LogP contribution >= 0.6 is 0 Å². The van der Waals surface area contributed by atoms with Crippen molar-refractivity contribution in [1.29, 1.82) is 0 Å². The molecule has 0 spiro atoms. The van der Waals surface area contributed by atoms with Crippen LogP contribution in [-0.2, 0) is 0 Å². The maximum atomic E-state index is 6.13. The highest BCUT2D eigenvalue weighted by Crippen LogP contribution is 2.38. The van der Waals surface area contributed by atoms with Gasteiger partial charge < -0.3 is 11.1 Å². The third kappa shape index (κ3) is 3.47. The summed E-state index contributed by atoms with van der Waals surface area (Å²) in [6.07, 6.45) is 10.4. The molecule has 106 valence electrons. The van der Waals surface area contributed by atoms with Gasteiger partial charge in [-0.2, -0.15) is 0 Å². The molecule has 1 aliphatic rings. The van der Waals surface area contributed by atoms with Crippen molar-refractivity contribution in [3.8, 4) is 0 Å². The second-order valence-electron chi connectivity index (χ2n) is 5.73. The Morgan fingerprint density at radius 1 is 1.32 bits per heavy atom. The largest absolute Gasteiger partial charge is 0.398 e. The average Bonchev–Trinajstić information content (AvgIpc) is 2.46. The Hall–Kier alpha value is -1.09. The van der Waals surface area contributed by atoms with Gasteiger partial charge in [0.2, 0.25) is 0 Å². The first-order valence-corrected chi connectivity index (χ1v) is 7.69. The van der Waals surface area contributed by atoms with E-state index in [1.807, 2.05) is 12.3 Å². The summed E-state index contributed by atoms with van der Waals surface area (Å²) >= 11 is 0. The number of rotatable bonds is 5. The summed E-state index contributed by atoms with van der Waals surface area (Å²) < 4.78 is 0.